The van der Waals surface area contributed by atoms with Crippen molar-refractivity contribution in [1.82, 2.24) is 0 Å². The highest BCUT2D eigenvalue weighted by Gasteiger charge is 2.07. The van der Waals surface area contributed by atoms with Crippen molar-refractivity contribution >= 4 is 29.5 Å². The molecule has 0 spiro atoms. The number of aliphatic carboxylic acids is 1. The van der Waals surface area contributed by atoms with Crippen LogP contribution >= 0.6 is 0 Å². The Morgan fingerprint density at radius 2 is 1.46 bits per heavy atom. The minimum atomic E-state index is -0.918. The van der Waals surface area contributed by atoms with Gasteiger partial charge in [-0.3, -0.25) is 4.79 Å². The summed E-state index contributed by atoms with van der Waals surface area (Å²) >= 11 is 0. The van der Waals surface area contributed by atoms with Crippen molar-refractivity contribution in [2.45, 2.75) is 13.3 Å². The largest absolute Gasteiger partial charge is 0.513 e. The molecule has 26 heavy (non-hydrogen) atoms. The normalized spacial score (nSPS) is 9.88. The van der Waals surface area contributed by atoms with Crippen LogP contribution in [-0.4, -0.2) is 29.9 Å². The molecule has 0 aliphatic heterocycles. The summed E-state index contributed by atoms with van der Waals surface area (Å²) in [6.07, 6.45) is -0.871. The maximum Gasteiger partial charge on any atom is 0.513 e. The second-order valence-electron chi connectivity index (χ2n) is 5.16. The summed E-state index contributed by atoms with van der Waals surface area (Å²) in [5, 5.41) is 14.0. The van der Waals surface area contributed by atoms with Crippen LogP contribution in [0.25, 0.3) is 0 Å². The van der Waals surface area contributed by atoms with Crippen molar-refractivity contribution in [2.24, 2.45) is 0 Å². The lowest BCUT2D eigenvalue weighted by atomic mass is 10.1. The van der Waals surface area contributed by atoms with Gasteiger partial charge in [0.25, 0.3) is 0 Å². The third-order valence-corrected chi connectivity index (χ3v) is 3.14. The van der Waals surface area contributed by atoms with Crippen molar-refractivity contribution < 1.29 is 29.0 Å². The predicted molar refractivity (Wildman–Crippen MR) is 94.5 cm³/mol. The van der Waals surface area contributed by atoms with E-state index in [1.165, 1.54) is 12.1 Å². The fourth-order valence-corrected chi connectivity index (χ4v) is 2.02. The summed E-state index contributed by atoms with van der Waals surface area (Å²) in [5.41, 5.74) is 1.67. The summed E-state index contributed by atoms with van der Waals surface area (Å²) in [6, 6.07) is 12.2. The van der Waals surface area contributed by atoms with E-state index >= 15 is 0 Å². The van der Waals surface area contributed by atoms with Gasteiger partial charge in [0.1, 0.15) is 5.75 Å². The Kier molecular flexibility index (Phi) is 6.55. The number of urea groups is 1. The first-order chi connectivity index (χ1) is 12.5. The Labute approximate surface area is 149 Å². The van der Waals surface area contributed by atoms with E-state index in [1.807, 2.05) is 0 Å². The van der Waals surface area contributed by atoms with E-state index in [2.05, 4.69) is 15.4 Å². The number of carbonyl (C=O) groups is 3. The van der Waals surface area contributed by atoms with E-state index in [1.54, 1.807) is 43.3 Å². The molecule has 2 aromatic rings. The molecule has 0 aliphatic rings. The van der Waals surface area contributed by atoms with Crippen LogP contribution in [0.2, 0.25) is 0 Å². The molecule has 2 amide bonds. The van der Waals surface area contributed by atoms with Gasteiger partial charge >= 0.3 is 18.2 Å². The first kappa shape index (κ1) is 18.8. The third kappa shape index (κ3) is 6.16. The van der Waals surface area contributed by atoms with E-state index in [9.17, 15) is 14.4 Å². The number of carboxylic acids is 1. The average Bonchev–Trinajstić information content (AvgIpc) is 2.58. The van der Waals surface area contributed by atoms with Gasteiger partial charge in [0.05, 0.1) is 13.0 Å². The molecule has 2 aromatic carbocycles. The van der Waals surface area contributed by atoms with Crippen LogP contribution < -0.4 is 15.4 Å². The number of amides is 2. The van der Waals surface area contributed by atoms with E-state index in [0.29, 0.717) is 22.7 Å². The average molecular weight is 358 g/mol. The summed E-state index contributed by atoms with van der Waals surface area (Å²) in [6.45, 7) is 1.89. The first-order valence-electron chi connectivity index (χ1n) is 7.79. The highest BCUT2D eigenvalue weighted by Crippen LogP contribution is 2.17. The summed E-state index contributed by atoms with van der Waals surface area (Å²) < 4.78 is 9.58. The molecule has 0 heterocycles. The molecular weight excluding hydrogens is 340 g/mol. The molecule has 3 N–H and O–H groups in total. The van der Waals surface area contributed by atoms with Gasteiger partial charge in [-0.05, 0) is 48.9 Å². The van der Waals surface area contributed by atoms with Crippen LogP contribution in [0.5, 0.6) is 5.75 Å². The summed E-state index contributed by atoms with van der Waals surface area (Å²) in [4.78, 5) is 33.8. The van der Waals surface area contributed by atoms with Crippen LogP contribution in [0.15, 0.2) is 48.5 Å². The lowest BCUT2D eigenvalue weighted by Gasteiger charge is -2.09. The number of rotatable bonds is 6. The van der Waals surface area contributed by atoms with Gasteiger partial charge in [-0.1, -0.05) is 12.1 Å². The Balaban J connectivity index is 1.87. The van der Waals surface area contributed by atoms with Crippen molar-refractivity contribution in [3.63, 3.8) is 0 Å². The predicted octanol–water partition coefficient (Wildman–Crippen LogP) is 3.49. The highest BCUT2D eigenvalue weighted by atomic mass is 16.7. The van der Waals surface area contributed by atoms with Crippen molar-refractivity contribution in [2.75, 3.05) is 17.2 Å². The quantitative estimate of drug-likeness (QED) is 0.538. The first-order valence-corrected chi connectivity index (χ1v) is 7.79. The third-order valence-electron chi connectivity index (χ3n) is 3.14. The smallest absolute Gasteiger partial charge is 0.481 e. The standard InChI is InChI=1S/C18H18N2O6/c1-2-25-18(24)26-15-9-7-14(8-10-15)20-17(23)19-13-5-3-12(4-6-13)11-16(21)22/h3-10H,2,11H2,1H3,(H,21,22)(H2,19,20,23). The number of hydrogen-bond donors (Lipinski definition) is 3. The molecule has 0 saturated heterocycles. The van der Waals surface area contributed by atoms with Crippen LogP contribution in [-0.2, 0) is 16.0 Å². The zero-order valence-electron chi connectivity index (χ0n) is 14.0. The molecule has 2 rings (SSSR count). The zero-order valence-corrected chi connectivity index (χ0v) is 14.0. The molecular formula is C18H18N2O6. The number of anilines is 2. The van der Waals surface area contributed by atoms with E-state index in [-0.39, 0.29) is 13.0 Å². The topological polar surface area (TPSA) is 114 Å². The van der Waals surface area contributed by atoms with Crippen molar-refractivity contribution in [3.05, 3.63) is 54.1 Å². The van der Waals surface area contributed by atoms with Crippen LogP contribution in [0, 0.1) is 0 Å². The lowest BCUT2D eigenvalue weighted by molar-refractivity contribution is -0.136. The molecule has 0 atom stereocenters. The van der Waals surface area contributed by atoms with Gasteiger partial charge in [-0.2, -0.15) is 0 Å². The summed E-state index contributed by atoms with van der Waals surface area (Å²) in [7, 11) is 0. The van der Waals surface area contributed by atoms with Crippen LogP contribution in [0.1, 0.15) is 12.5 Å². The number of carboxylic acid groups (broad SMARTS) is 1. The van der Waals surface area contributed by atoms with E-state index in [0.717, 1.165) is 0 Å². The summed E-state index contributed by atoms with van der Waals surface area (Å²) in [5.74, 6) is -0.623. The van der Waals surface area contributed by atoms with Crippen LogP contribution in [0.3, 0.4) is 0 Å². The Hall–Kier alpha value is -3.55. The molecule has 0 unspecified atom stereocenters. The van der Waals surface area contributed by atoms with E-state index < -0.39 is 18.2 Å². The molecule has 0 aromatic heterocycles. The Morgan fingerprint density at radius 1 is 0.923 bits per heavy atom. The van der Waals surface area contributed by atoms with Gasteiger partial charge in [-0.15, -0.1) is 0 Å². The van der Waals surface area contributed by atoms with Gasteiger partial charge in [0.2, 0.25) is 0 Å². The molecule has 0 fully saturated rings. The highest BCUT2D eigenvalue weighted by molar-refractivity contribution is 5.99. The van der Waals surface area contributed by atoms with Gasteiger partial charge in [0, 0.05) is 11.4 Å². The molecule has 0 aliphatic carbocycles. The van der Waals surface area contributed by atoms with Crippen molar-refractivity contribution in [3.8, 4) is 5.75 Å². The fraction of sp³-hybridized carbons (Fsp3) is 0.167. The number of benzene rings is 2. The second-order valence-corrected chi connectivity index (χ2v) is 5.16. The van der Waals surface area contributed by atoms with Gasteiger partial charge in [-0.25, -0.2) is 9.59 Å². The number of carbonyl (C=O) groups excluding carboxylic acids is 2. The SMILES string of the molecule is CCOC(=O)Oc1ccc(NC(=O)Nc2ccc(CC(=O)O)cc2)cc1. The van der Waals surface area contributed by atoms with Gasteiger partial charge in [0.15, 0.2) is 0 Å². The second kappa shape index (κ2) is 9.07. The molecule has 0 saturated carbocycles. The zero-order chi connectivity index (χ0) is 18.9. The monoisotopic (exact) mass is 358 g/mol. The van der Waals surface area contributed by atoms with E-state index in [4.69, 9.17) is 9.84 Å². The molecule has 8 heteroatoms. The number of nitrogens with one attached hydrogen (secondary N) is 2. The number of hydrogen-bond acceptors (Lipinski definition) is 5. The van der Waals surface area contributed by atoms with Gasteiger partial charge < -0.3 is 25.2 Å². The lowest BCUT2D eigenvalue weighted by Crippen LogP contribution is -2.19. The number of ether oxygens (including phenoxy) is 2. The maximum atomic E-state index is 12.0. The Morgan fingerprint density at radius 3 is 1.96 bits per heavy atom. The molecule has 136 valence electrons. The van der Waals surface area contributed by atoms with Crippen LogP contribution in [0.4, 0.5) is 21.0 Å². The molecule has 0 radical (unpaired) electrons. The molecule has 0 bridgehead atoms. The maximum absolute atomic E-state index is 12.0. The minimum Gasteiger partial charge on any atom is -0.481 e. The minimum absolute atomic E-state index is 0.0767. The van der Waals surface area contributed by atoms with Crippen molar-refractivity contribution in [1.29, 1.82) is 0 Å². The fourth-order valence-electron chi connectivity index (χ4n) is 2.02. The Bertz CT molecular complexity index is 771. The molecule has 8 nitrogen and oxygen atoms in total.